The first-order chi connectivity index (χ1) is 8.45. The minimum Gasteiger partial charge on any atom is -0.396 e. The van der Waals surface area contributed by atoms with E-state index in [0.29, 0.717) is 6.42 Å². The maximum Gasteiger partial charge on any atom is 0.252 e. The second-order valence-electron chi connectivity index (χ2n) is 3.99. The van der Waals surface area contributed by atoms with Crippen molar-refractivity contribution in [2.24, 2.45) is 0 Å². The Morgan fingerprint density at radius 1 is 1.39 bits per heavy atom. The summed E-state index contributed by atoms with van der Waals surface area (Å²) in [5.74, 6) is -0.0405. The van der Waals surface area contributed by atoms with Gasteiger partial charge in [0, 0.05) is 23.4 Å². The largest absolute Gasteiger partial charge is 0.396 e. The minimum absolute atomic E-state index is 0.0405. The molecule has 0 fully saturated rings. The number of carbonyl (C=O) groups is 1. The molecule has 0 saturated carbocycles. The fourth-order valence-corrected chi connectivity index (χ4v) is 3.89. The molecule has 0 saturated heterocycles. The Morgan fingerprint density at radius 2 is 2.06 bits per heavy atom. The van der Waals surface area contributed by atoms with Gasteiger partial charge < -0.3 is 10.4 Å². The molecule has 0 aromatic heterocycles. The van der Waals surface area contributed by atoms with Crippen LogP contribution in [-0.2, 0) is 0 Å². The van der Waals surface area contributed by atoms with Crippen LogP contribution in [0.15, 0.2) is 12.1 Å². The molecule has 0 aliphatic rings. The van der Waals surface area contributed by atoms with Crippen LogP contribution in [0.3, 0.4) is 0 Å². The Kier molecular flexibility index (Phi) is 7.70. The molecule has 18 heavy (non-hydrogen) atoms. The van der Waals surface area contributed by atoms with E-state index in [2.05, 4.69) is 79.2 Å². The number of aliphatic hydroxyl groups is 1. The molecular weight excluding hydrogens is 571 g/mol. The summed E-state index contributed by atoms with van der Waals surface area (Å²) in [6.07, 6.45) is 1.50. The zero-order valence-electron chi connectivity index (χ0n) is 9.84. The van der Waals surface area contributed by atoms with Gasteiger partial charge in [0.2, 0.25) is 0 Å². The van der Waals surface area contributed by atoms with Crippen molar-refractivity contribution >= 4 is 73.7 Å². The summed E-state index contributed by atoms with van der Waals surface area (Å²) in [5, 5.41) is 11.7. The van der Waals surface area contributed by atoms with Gasteiger partial charge in [0.05, 0.1) is 5.56 Å². The highest BCUT2D eigenvalue weighted by Crippen LogP contribution is 2.22. The molecule has 1 unspecified atom stereocenters. The molecule has 0 aliphatic carbocycles. The maximum atomic E-state index is 12.2. The van der Waals surface area contributed by atoms with Gasteiger partial charge in [0.15, 0.2) is 0 Å². The standard InChI is InChI=1S/C12H14I3NO2/c1-7(3-2-4-17)16-12(18)9-5-8(13)6-10(14)11(9)15/h5-7,17H,2-4H2,1H3,(H,16,18). The van der Waals surface area contributed by atoms with Crippen LogP contribution in [0.1, 0.15) is 30.1 Å². The summed E-state index contributed by atoms with van der Waals surface area (Å²) in [5.41, 5.74) is 0.725. The fourth-order valence-electron chi connectivity index (χ4n) is 1.49. The molecule has 1 aromatic carbocycles. The number of hydrogen-bond acceptors (Lipinski definition) is 2. The fraction of sp³-hybridized carbons (Fsp3) is 0.417. The van der Waals surface area contributed by atoms with Crippen molar-refractivity contribution in [2.45, 2.75) is 25.8 Å². The third-order valence-corrected chi connectivity index (χ3v) is 6.08. The molecule has 1 aromatic rings. The molecule has 2 N–H and O–H groups in total. The van der Waals surface area contributed by atoms with Gasteiger partial charge in [-0.25, -0.2) is 0 Å². The number of rotatable bonds is 5. The molecule has 0 radical (unpaired) electrons. The molecule has 0 spiro atoms. The second kappa shape index (κ2) is 8.20. The van der Waals surface area contributed by atoms with Crippen LogP contribution in [-0.4, -0.2) is 23.7 Å². The molecule has 0 aliphatic heterocycles. The smallest absolute Gasteiger partial charge is 0.252 e. The van der Waals surface area contributed by atoms with Gasteiger partial charge in [-0.05, 0) is 99.7 Å². The number of carbonyl (C=O) groups excluding carboxylic acids is 1. The van der Waals surface area contributed by atoms with E-state index in [9.17, 15) is 4.79 Å². The zero-order chi connectivity index (χ0) is 13.7. The topological polar surface area (TPSA) is 49.3 Å². The first kappa shape index (κ1) is 16.9. The average Bonchev–Trinajstić information content (AvgIpc) is 2.30. The number of nitrogens with one attached hydrogen (secondary N) is 1. The number of hydrogen-bond donors (Lipinski definition) is 2. The van der Waals surface area contributed by atoms with Crippen molar-refractivity contribution in [2.75, 3.05) is 6.61 Å². The monoisotopic (exact) mass is 585 g/mol. The lowest BCUT2D eigenvalue weighted by Gasteiger charge is -2.14. The minimum atomic E-state index is -0.0405. The van der Waals surface area contributed by atoms with Crippen LogP contribution in [0.4, 0.5) is 0 Å². The zero-order valence-corrected chi connectivity index (χ0v) is 16.3. The molecule has 3 nitrogen and oxygen atoms in total. The first-order valence-corrected chi connectivity index (χ1v) is 8.75. The molecule has 1 rings (SSSR count). The number of amides is 1. The third kappa shape index (κ3) is 5.08. The summed E-state index contributed by atoms with van der Waals surface area (Å²) in [6, 6.07) is 4.03. The molecule has 1 amide bonds. The van der Waals surface area contributed by atoms with Crippen molar-refractivity contribution < 1.29 is 9.90 Å². The normalized spacial score (nSPS) is 12.3. The highest BCUT2D eigenvalue weighted by molar-refractivity contribution is 14.1. The Hall–Kier alpha value is 0.840. The first-order valence-electron chi connectivity index (χ1n) is 5.52. The lowest BCUT2D eigenvalue weighted by Crippen LogP contribution is -2.33. The van der Waals surface area contributed by atoms with E-state index in [1.54, 1.807) is 0 Å². The van der Waals surface area contributed by atoms with Gasteiger partial charge in [-0.1, -0.05) is 0 Å². The van der Waals surface area contributed by atoms with E-state index < -0.39 is 0 Å². The van der Waals surface area contributed by atoms with Gasteiger partial charge in [0.1, 0.15) is 0 Å². The summed E-state index contributed by atoms with van der Waals surface area (Å²) in [4.78, 5) is 12.2. The van der Waals surface area contributed by atoms with Crippen LogP contribution in [0.2, 0.25) is 0 Å². The quantitative estimate of drug-likeness (QED) is 0.412. The second-order valence-corrected chi connectivity index (χ2v) is 7.48. The predicted octanol–water partition coefficient (Wildman–Crippen LogP) is 3.39. The van der Waals surface area contributed by atoms with E-state index in [1.807, 2.05) is 13.0 Å². The Morgan fingerprint density at radius 3 is 2.67 bits per heavy atom. The summed E-state index contributed by atoms with van der Waals surface area (Å²) >= 11 is 6.66. The van der Waals surface area contributed by atoms with E-state index in [-0.39, 0.29) is 18.6 Å². The summed E-state index contributed by atoms with van der Waals surface area (Å²) in [7, 11) is 0. The average molecular weight is 585 g/mol. The van der Waals surface area contributed by atoms with Gasteiger partial charge in [0.25, 0.3) is 5.91 Å². The van der Waals surface area contributed by atoms with E-state index in [4.69, 9.17) is 5.11 Å². The Bertz CT molecular complexity index is 438. The lowest BCUT2D eigenvalue weighted by molar-refractivity contribution is 0.0935. The number of halogens is 3. The van der Waals surface area contributed by atoms with Crippen molar-refractivity contribution in [3.8, 4) is 0 Å². The van der Waals surface area contributed by atoms with Crippen molar-refractivity contribution in [3.63, 3.8) is 0 Å². The molecule has 0 heterocycles. The molecule has 6 heteroatoms. The highest BCUT2D eigenvalue weighted by Gasteiger charge is 2.15. The number of benzene rings is 1. The molecule has 1 atom stereocenters. The summed E-state index contributed by atoms with van der Waals surface area (Å²) in [6.45, 7) is 2.12. The molecule has 100 valence electrons. The Balaban J connectivity index is 2.78. The predicted molar refractivity (Wildman–Crippen MR) is 97.8 cm³/mol. The van der Waals surface area contributed by atoms with Crippen molar-refractivity contribution in [3.05, 3.63) is 28.4 Å². The lowest BCUT2D eigenvalue weighted by atomic mass is 10.1. The van der Waals surface area contributed by atoms with Crippen molar-refractivity contribution in [1.29, 1.82) is 0 Å². The molecular formula is C12H14I3NO2. The van der Waals surface area contributed by atoms with Crippen LogP contribution in [0.5, 0.6) is 0 Å². The SMILES string of the molecule is CC(CCCO)NC(=O)c1cc(I)cc(I)c1I. The maximum absolute atomic E-state index is 12.2. The van der Waals surface area contributed by atoms with Gasteiger partial charge in [-0.3, -0.25) is 4.79 Å². The third-order valence-electron chi connectivity index (χ3n) is 2.41. The molecule has 0 bridgehead atoms. The van der Waals surface area contributed by atoms with Crippen LogP contribution < -0.4 is 5.32 Å². The van der Waals surface area contributed by atoms with Crippen LogP contribution >= 0.6 is 67.8 Å². The van der Waals surface area contributed by atoms with Gasteiger partial charge in [-0.15, -0.1) is 0 Å². The van der Waals surface area contributed by atoms with Crippen molar-refractivity contribution in [1.82, 2.24) is 5.32 Å². The number of aliphatic hydroxyl groups excluding tert-OH is 1. The Labute approximate surface area is 148 Å². The van der Waals surface area contributed by atoms with E-state index in [0.717, 1.165) is 22.7 Å². The van der Waals surface area contributed by atoms with Gasteiger partial charge in [-0.2, -0.15) is 0 Å². The van der Waals surface area contributed by atoms with Gasteiger partial charge >= 0.3 is 0 Å². The highest BCUT2D eigenvalue weighted by atomic mass is 127. The summed E-state index contributed by atoms with van der Waals surface area (Å²) < 4.78 is 3.14. The van der Waals surface area contributed by atoms with Crippen LogP contribution in [0.25, 0.3) is 0 Å². The van der Waals surface area contributed by atoms with Crippen LogP contribution in [0, 0.1) is 10.7 Å². The van der Waals surface area contributed by atoms with E-state index >= 15 is 0 Å². The van der Waals surface area contributed by atoms with E-state index in [1.165, 1.54) is 0 Å².